The molecule has 1 atom stereocenters. The Kier molecular flexibility index (Phi) is 3.40. The Balaban J connectivity index is 2.34. The molecule has 1 aromatic carbocycles. The molecule has 0 saturated heterocycles. The van der Waals surface area contributed by atoms with Gasteiger partial charge in [-0.3, -0.25) is 0 Å². The molecular formula is C12H14BrNO3. The number of carboxylic acid groups (broad SMARTS) is 1. The molecule has 0 amide bonds. The molecule has 92 valence electrons. The zero-order valence-electron chi connectivity index (χ0n) is 9.19. The minimum absolute atomic E-state index is 0.111. The summed E-state index contributed by atoms with van der Waals surface area (Å²) in [6.45, 7) is 0. The van der Waals surface area contributed by atoms with E-state index in [4.69, 9.17) is 10.8 Å². The van der Waals surface area contributed by atoms with E-state index in [9.17, 15) is 9.90 Å². The van der Waals surface area contributed by atoms with Crippen LogP contribution in [-0.2, 0) is 0 Å². The summed E-state index contributed by atoms with van der Waals surface area (Å²) in [6, 6.07) is 2.76. The van der Waals surface area contributed by atoms with Gasteiger partial charge in [-0.2, -0.15) is 0 Å². The summed E-state index contributed by atoms with van der Waals surface area (Å²) in [5.74, 6) is -0.741. The first-order valence-corrected chi connectivity index (χ1v) is 6.29. The highest BCUT2D eigenvalue weighted by Gasteiger charge is 2.27. The van der Waals surface area contributed by atoms with Crippen LogP contribution in [0, 0.1) is 5.92 Å². The molecule has 0 radical (unpaired) electrons. The fourth-order valence-electron chi connectivity index (χ4n) is 1.91. The molecule has 0 aromatic heterocycles. The third-order valence-electron chi connectivity index (χ3n) is 3.02. The van der Waals surface area contributed by atoms with Crippen molar-refractivity contribution < 1.29 is 15.0 Å². The van der Waals surface area contributed by atoms with E-state index in [1.54, 1.807) is 6.07 Å². The lowest BCUT2D eigenvalue weighted by atomic mass is 9.98. The Morgan fingerprint density at radius 3 is 2.71 bits per heavy atom. The first-order chi connectivity index (χ1) is 7.99. The van der Waals surface area contributed by atoms with Crippen LogP contribution in [0.25, 0.3) is 0 Å². The van der Waals surface area contributed by atoms with Gasteiger partial charge in [-0.15, -0.1) is 0 Å². The van der Waals surface area contributed by atoms with Gasteiger partial charge in [0.1, 0.15) is 11.3 Å². The number of nitrogens with two attached hydrogens (primary N) is 1. The van der Waals surface area contributed by atoms with Crippen LogP contribution in [0.15, 0.2) is 16.6 Å². The number of halogens is 1. The van der Waals surface area contributed by atoms with E-state index < -0.39 is 5.97 Å². The first-order valence-electron chi connectivity index (χ1n) is 5.50. The van der Waals surface area contributed by atoms with Crippen molar-refractivity contribution in [1.29, 1.82) is 0 Å². The molecule has 2 rings (SSSR count). The molecule has 0 unspecified atom stereocenters. The van der Waals surface area contributed by atoms with E-state index in [2.05, 4.69) is 15.9 Å². The largest absolute Gasteiger partial charge is 0.507 e. The van der Waals surface area contributed by atoms with Gasteiger partial charge in [0.2, 0.25) is 0 Å². The standard InChI is InChI=1S/C12H14BrNO3/c13-7-4-8(10(14)3-6-1-2-6)11(15)9(5-7)12(16)17/h4-6,10,15H,1-3,14H2,(H,16,17)/t10-/m1/s1. The summed E-state index contributed by atoms with van der Waals surface area (Å²) >= 11 is 3.24. The van der Waals surface area contributed by atoms with Crippen LogP contribution < -0.4 is 5.73 Å². The fourth-order valence-corrected chi connectivity index (χ4v) is 2.38. The highest BCUT2D eigenvalue weighted by molar-refractivity contribution is 9.10. The van der Waals surface area contributed by atoms with Gasteiger partial charge >= 0.3 is 5.97 Å². The summed E-state index contributed by atoms with van der Waals surface area (Å²) in [4.78, 5) is 11.0. The molecule has 4 N–H and O–H groups in total. The van der Waals surface area contributed by atoms with Gasteiger partial charge in [0, 0.05) is 16.1 Å². The number of carboxylic acids is 1. The normalized spacial score (nSPS) is 16.8. The molecule has 0 aliphatic heterocycles. The number of carbonyl (C=O) groups is 1. The average Bonchev–Trinajstić information content (AvgIpc) is 3.04. The number of benzene rings is 1. The van der Waals surface area contributed by atoms with Crippen molar-refractivity contribution in [3.8, 4) is 5.75 Å². The number of phenols is 1. The Labute approximate surface area is 108 Å². The molecular weight excluding hydrogens is 286 g/mol. The fraction of sp³-hybridized carbons (Fsp3) is 0.417. The smallest absolute Gasteiger partial charge is 0.339 e. The van der Waals surface area contributed by atoms with Crippen molar-refractivity contribution in [1.82, 2.24) is 0 Å². The zero-order chi connectivity index (χ0) is 12.6. The molecule has 1 saturated carbocycles. The topological polar surface area (TPSA) is 83.6 Å². The third-order valence-corrected chi connectivity index (χ3v) is 3.48. The molecule has 1 fully saturated rings. The zero-order valence-corrected chi connectivity index (χ0v) is 10.8. The van der Waals surface area contributed by atoms with Gasteiger partial charge in [0.05, 0.1) is 0 Å². The van der Waals surface area contributed by atoms with Crippen molar-refractivity contribution in [3.63, 3.8) is 0 Å². The minimum Gasteiger partial charge on any atom is -0.507 e. The molecule has 0 heterocycles. The summed E-state index contributed by atoms with van der Waals surface area (Å²) in [5.41, 5.74) is 6.39. The number of aromatic carboxylic acids is 1. The van der Waals surface area contributed by atoms with E-state index in [1.807, 2.05) is 0 Å². The van der Waals surface area contributed by atoms with Crippen molar-refractivity contribution >= 4 is 21.9 Å². The summed E-state index contributed by atoms with van der Waals surface area (Å²) in [7, 11) is 0. The maximum Gasteiger partial charge on any atom is 0.339 e. The molecule has 1 aromatic rings. The van der Waals surface area contributed by atoms with Crippen molar-refractivity contribution in [3.05, 3.63) is 27.7 Å². The molecule has 5 heteroatoms. The predicted octanol–water partition coefficient (Wildman–Crippen LogP) is 2.65. The Morgan fingerprint density at radius 2 is 2.18 bits per heavy atom. The van der Waals surface area contributed by atoms with E-state index in [0.29, 0.717) is 16.0 Å². The van der Waals surface area contributed by atoms with Crippen molar-refractivity contribution in [2.45, 2.75) is 25.3 Å². The van der Waals surface area contributed by atoms with Crippen LogP contribution in [0.2, 0.25) is 0 Å². The third kappa shape index (κ3) is 2.79. The average molecular weight is 300 g/mol. The minimum atomic E-state index is -1.15. The quantitative estimate of drug-likeness (QED) is 0.798. The Hall–Kier alpha value is -1.07. The Bertz CT molecular complexity index is 457. The summed E-state index contributed by atoms with van der Waals surface area (Å²) in [5, 5.41) is 18.9. The van der Waals surface area contributed by atoms with Gasteiger partial charge in [0.15, 0.2) is 0 Å². The van der Waals surface area contributed by atoms with Crippen molar-refractivity contribution in [2.24, 2.45) is 11.7 Å². The SMILES string of the molecule is N[C@H](CC1CC1)c1cc(Br)cc(C(=O)O)c1O. The lowest BCUT2D eigenvalue weighted by Crippen LogP contribution is -2.12. The lowest BCUT2D eigenvalue weighted by Gasteiger charge is -2.15. The highest BCUT2D eigenvalue weighted by Crippen LogP contribution is 2.40. The van der Waals surface area contributed by atoms with Crippen LogP contribution in [-0.4, -0.2) is 16.2 Å². The number of hydrogen-bond donors (Lipinski definition) is 3. The number of rotatable bonds is 4. The molecule has 1 aliphatic rings. The number of aromatic hydroxyl groups is 1. The monoisotopic (exact) mass is 299 g/mol. The maximum atomic E-state index is 11.0. The number of hydrogen-bond acceptors (Lipinski definition) is 3. The first kappa shape index (κ1) is 12.4. The van der Waals surface area contributed by atoms with Crippen LogP contribution in [0.3, 0.4) is 0 Å². The van der Waals surface area contributed by atoms with E-state index >= 15 is 0 Å². The van der Waals surface area contributed by atoms with Crippen LogP contribution >= 0.6 is 15.9 Å². The van der Waals surface area contributed by atoms with E-state index in [0.717, 1.165) is 6.42 Å². The lowest BCUT2D eigenvalue weighted by molar-refractivity contribution is 0.0693. The van der Waals surface area contributed by atoms with Gasteiger partial charge in [-0.1, -0.05) is 28.8 Å². The van der Waals surface area contributed by atoms with Gasteiger partial charge in [0.25, 0.3) is 0 Å². The second-order valence-corrected chi connectivity index (χ2v) is 5.40. The Morgan fingerprint density at radius 1 is 1.53 bits per heavy atom. The second kappa shape index (κ2) is 4.66. The van der Waals surface area contributed by atoms with Crippen LogP contribution in [0.1, 0.15) is 41.2 Å². The summed E-state index contributed by atoms with van der Waals surface area (Å²) < 4.78 is 0.619. The molecule has 17 heavy (non-hydrogen) atoms. The van der Waals surface area contributed by atoms with Crippen molar-refractivity contribution in [2.75, 3.05) is 0 Å². The van der Waals surface area contributed by atoms with Gasteiger partial charge < -0.3 is 15.9 Å². The predicted molar refractivity (Wildman–Crippen MR) is 67.0 cm³/mol. The van der Waals surface area contributed by atoms with E-state index in [1.165, 1.54) is 18.9 Å². The second-order valence-electron chi connectivity index (χ2n) is 4.48. The molecule has 4 nitrogen and oxygen atoms in total. The van der Waals surface area contributed by atoms with Crippen LogP contribution in [0.4, 0.5) is 0 Å². The molecule has 0 bridgehead atoms. The summed E-state index contributed by atoms with van der Waals surface area (Å²) in [6.07, 6.45) is 3.14. The highest BCUT2D eigenvalue weighted by atomic mass is 79.9. The van der Waals surface area contributed by atoms with E-state index in [-0.39, 0.29) is 17.4 Å². The van der Waals surface area contributed by atoms with Crippen LogP contribution in [0.5, 0.6) is 5.75 Å². The van der Waals surface area contributed by atoms with Gasteiger partial charge in [-0.05, 0) is 24.5 Å². The maximum absolute atomic E-state index is 11.0. The molecule has 1 aliphatic carbocycles. The van der Waals surface area contributed by atoms with Gasteiger partial charge in [-0.25, -0.2) is 4.79 Å². The molecule has 0 spiro atoms.